The number of urea groups is 1. The lowest BCUT2D eigenvalue weighted by Crippen LogP contribution is -2.51. The van der Waals surface area contributed by atoms with E-state index in [4.69, 9.17) is 0 Å². The van der Waals surface area contributed by atoms with E-state index in [1.54, 1.807) is 0 Å². The first-order valence-corrected chi connectivity index (χ1v) is 9.20. The number of rotatable bonds is 5. The van der Waals surface area contributed by atoms with Crippen molar-refractivity contribution in [2.24, 2.45) is 0 Å². The molecule has 2 N–H and O–H groups in total. The highest BCUT2D eigenvalue weighted by Crippen LogP contribution is 2.13. The molecule has 0 aromatic rings. The van der Waals surface area contributed by atoms with Crippen molar-refractivity contribution in [3.63, 3.8) is 0 Å². The molecule has 2 aliphatic rings. The minimum absolute atomic E-state index is 0.0959. The maximum Gasteiger partial charge on any atom is 0.317 e. The predicted molar refractivity (Wildman–Crippen MR) is 91.2 cm³/mol. The molecular weight excluding hydrogens is 276 g/mol. The maximum absolute atomic E-state index is 11.8. The minimum Gasteiger partial charge on any atom is -0.338 e. The molecule has 0 spiro atoms. The summed E-state index contributed by atoms with van der Waals surface area (Å²) >= 11 is 0. The SMILES string of the molecule is CCNC(=O)N1CCC(NC(C)CN2CCCCCC2)CC1. The van der Waals surface area contributed by atoms with Crippen molar-refractivity contribution in [3.05, 3.63) is 0 Å². The average Bonchev–Trinajstić information content (AvgIpc) is 2.77. The molecule has 0 aromatic heterocycles. The Bertz CT molecular complexity index is 321. The molecule has 128 valence electrons. The fraction of sp³-hybridized carbons (Fsp3) is 0.941. The minimum atomic E-state index is 0.0959. The first kappa shape index (κ1) is 17.5. The Balaban J connectivity index is 1.65. The third-order valence-corrected chi connectivity index (χ3v) is 4.86. The van der Waals surface area contributed by atoms with Crippen molar-refractivity contribution >= 4 is 6.03 Å². The van der Waals surface area contributed by atoms with Crippen LogP contribution in [0.3, 0.4) is 0 Å². The van der Waals surface area contributed by atoms with Gasteiger partial charge in [0, 0.05) is 38.3 Å². The van der Waals surface area contributed by atoms with Crippen molar-refractivity contribution in [1.82, 2.24) is 20.4 Å². The van der Waals surface area contributed by atoms with Crippen LogP contribution in [0.25, 0.3) is 0 Å². The molecule has 0 bridgehead atoms. The lowest BCUT2D eigenvalue weighted by atomic mass is 10.0. The van der Waals surface area contributed by atoms with Crippen LogP contribution in [0.1, 0.15) is 52.4 Å². The lowest BCUT2D eigenvalue weighted by Gasteiger charge is -2.35. The van der Waals surface area contributed by atoms with Crippen LogP contribution in [0, 0.1) is 0 Å². The molecule has 2 fully saturated rings. The molecule has 1 atom stereocenters. The molecular formula is C17H34N4O. The summed E-state index contributed by atoms with van der Waals surface area (Å²) in [6.45, 7) is 10.4. The van der Waals surface area contributed by atoms with Gasteiger partial charge < -0.3 is 20.4 Å². The first-order chi connectivity index (χ1) is 10.7. The van der Waals surface area contributed by atoms with Gasteiger partial charge in [-0.25, -0.2) is 4.79 Å². The smallest absolute Gasteiger partial charge is 0.317 e. The van der Waals surface area contributed by atoms with Crippen LogP contribution in [-0.4, -0.2) is 67.2 Å². The van der Waals surface area contributed by atoms with Gasteiger partial charge in [-0.1, -0.05) is 12.8 Å². The Morgan fingerprint density at radius 3 is 2.32 bits per heavy atom. The van der Waals surface area contributed by atoms with Crippen LogP contribution in [0.4, 0.5) is 4.79 Å². The number of nitrogens with zero attached hydrogens (tertiary/aromatic N) is 2. The van der Waals surface area contributed by atoms with E-state index in [2.05, 4.69) is 22.5 Å². The van der Waals surface area contributed by atoms with Gasteiger partial charge in [-0.2, -0.15) is 0 Å². The summed E-state index contributed by atoms with van der Waals surface area (Å²) in [6, 6.07) is 1.20. The molecule has 2 aliphatic heterocycles. The van der Waals surface area contributed by atoms with Gasteiger partial charge in [0.15, 0.2) is 0 Å². The van der Waals surface area contributed by atoms with Gasteiger partial charge in [0.2, 0.25) is 0 Å². The molecule has 2 saturated heterocycles. The van der Waals surface area contributed by atoms with E-state index in [-0.39, 0.29) is 6.03 Å². The number of amides is 2. The van der Waals surface area contributed by atoms with E-state index in [0.717, 1.165) is 32.5 Å². The van der Waals surface area contributed by atoms with Crippen LogP contribution in [-0.2, 0) is 0 Å². The van der Waals surface area contributed by atoms with Gasteiger partial charge in [-0.05, 0) is 52.6 Å². The molecule has 5 heteroatoms. The van der Waals surface area contributed by atoms with Crippen LogP contribution in [0.15, 0.2) is 0 Å². The molecule has 2 rings (SSSR count). The number of hydrogen-bond acceptors (Lipinski definition) is 3. The van der Waals surface area contributed by atoms with Crippen LogP contribution in [0.5, 0.6) is 0 Å². The fourth-order valence-electron chi connectivity index (χ4n) is 3.67. The summed E-state index contributed by atoms with van der Waals surface area (Å²) in [6.07, 6.45) is 7.66. The third kappa shape index (κ3) is 5.76. The number of hydrogen-bond donors (Lipinski definition) is 2. The maximum atomic E-state index is 11.8. The molecule has 5 nitrogen and oxygen atoms in total. The third-order valence-electron chi connectivity index (χ3n) is 4.86. The van der Waals surface area contributed by atoms with Crippen molar-refractivity contribution in [2.75, 3.05) is 39.3 Å². The topological polar surface area (TPSA) is 47.6 Å². The van der Waals surface area contributed by atoms with Crippen molar-refractivity contribution < 1.29 is 4.79 Å². The normalized spacial score (nSPS) is 23.1. The first-order valence-electron chi connectivity index (χ1n) is 9.20. The zero-order valence-electron chi connectivity index (χ0n) is 14.4. The monoisotopic (exact) mass is 310 g/mol. The lowest BCUT2D eigenvalue weighted by molar-refractivity contribution is 0.170. The number of nitrogens with one attached hydrogen (secondary N) is 2. The number of piperidine rings is 1. The Morgan fingerprint density at radius 2 is 1.73 bits per heavy atom. The molecule has 2 amide bonds. The highest BCUT2D eigenvalue weighted by atomic mass is 16.2. The van der Waals surface area contributed by atoms with Gasteiger partial charge in [0.25, 0.3) is 0 Å². The number of carbonyl (C=O) groups is 1. The molecule has 0 aliphatic carbocycles. The largest absolute Gasteiger partial charge is 0.338 e. The standard InChI is InChI=1S/C17H34N4O/c1-3-18-17(22)21-12-8-16(9-13-21)19-15(2)14-20-10-6-4-5-7-11-20/h15-16,19H,3-14H2,1-2H3,(H,18,22). The summed E-state index contributed by atoms with van der Waals surface area (Å²) < 4.78 is 0. The average molecular weight is 310 g/mol. The van der Waals surface area contributed by atoms with E-state index in [0.29, 0.717) is 18.6 Å². The van der Waals surface area contributed by atoms with Crippen molar-refractivity contribution in [3.8, 4) is 0 Å². The van der Waals surface area contributed by atoms with E-state index >= 15 is 0 Å². The van der Waals surface area contributed by atoms with Gasteiger partial charge >= 0.3 is 6.03 Å². The van der Waals surface area contributed by atoms with Crippen LogP contribution < -0.4 is 10.6 Å². The van der Waals surface area contributed by atoms with Crippen LogP contribution in [0.2, 0.25) is 0 Å². The molecule has 2 heterocycles. The second-order valence-electron chi connectivity index (χ2n) is 6.88. The highest BCUT2D eigenvalue weighted by molar-refractivity contribution is 5.74. The van der Waals surface area contributed by atoms with E-state index in [1.165, 1.54) is 38.8 Å². The predicted octanol–water partition coefficient (Wildman–Crippen LogP) is 2.03. The van der Waals surface area contributed by atoms with Gasteiger partial charge in [-0.15, -0.1) is 0 Å². The van der Waals surface area contributed by atoms with E-state index in [1.807, 2.05) is 11.8 Å². The van der Waals surface area contributed by atoms with Gasteiger partial charge in [0.1, 0.15) is 0 Å². The Morgan fingerprint density at radius 1 is 1.09 bits per heavy atom. The fourth-order valence-corrected chi connectivity index (χ4v) is 3.67. The molecule has 22 heavy (non-hydrogen) atoms. The molecule has 1 unspecified atom stereocenters. The Labute approximate surface area is 135 Å². The quantitative estimate of drug-likeness (QED) is 0.817. The Hall–Kier alpha value is -0.810. The highest BCUT2D eigenvalue weighted by Gasteiger charge is 2.23. The Kier molecular flexibility index (Phi) is 7.46. The molecule has 0 saturated carbocycles. The van der Waals surface area contributed by atoms with E-state index < -0.39 is 0 Å². The zero-order valence-corrected chi connectivity index (χ0v) is 14.4. The summed E-state index contributed by atoms with van der Waals surface area (Å²) in [4.78, 5) is 16.4. The summed E-state index contributed by atoms with van der Waals surface area (Å²) in [7, 11) is 0. The molecule has 0 radical (unpaired) electrons. The van der Waals surface area contributed by atoms with Crippen molar-refractivity contribution in [1.29, 1.82) is 0 Å². The number of carbonyl (C=O) groups excluding carboxylic acids is 1. The summed E-state index contributed by atoms with van der Waals surface area (Å²) in [5.74, 6) is 0. The van der Waals surface area contributed by atoms with Gasteiger partial charge in [-0.3, -0.25) is 0 Å². The van der Waals surface area contributed by atoms with Gasteiger partial charge in [0.05, 0.1) is 0 Å². The second kappa shape index (κ2) is 9.36. The summed E-state index contributed by atoms with van der Waals surface area (Å²) in [5.41, 5.74) is 0. The number of likely N-dealkylation sites (tertiary alicyclic amines) is 2. The van der Waals surface area contributed by atoms with Crippen LogP contribution >= 0.6 is 0 Å². The van der Waals surface area contributed by atoms with E-state index in [9.17, 15) is 4.79 Å². The van der Waals surface area contributed by atoms with Crippen molar-refractivity contribution in [2.45, 2.75) is 64.5 Å². The summed E-state index contributed by atoms with van der Waals surface area (Å²) in [5, 5.41) is 6.67. The molecule has 0 aromatic carbocycles. The zero-order chi connectivity index (χ0) is 15.8. The second-order valence-corrected chi connectivity index (χ2v) is 6.88.